The molecule has 1 heterocycles. The molecule has 0 aromatic carbocycles. The van der Waals surface area contributed by atoms with Crippen molar-refractivity contribution in [1.29, 1.82) is 0 Å². The van der Waals surface area contributed by atoms with Crippen molar-refractivity contribution >= 4 is 0 Å². The van der Waals surface area contributed by atoms with Crippen molar-refractivity contribution < 1.29 is 4.39 Å². The Hall–Kier alpha value is -1.05. The van der Waals surface area contributed by atoms with Crippen molar-refractivity contribution in [2.24, 2.45) is 0 Å². The summed E-state index contributed by atoms with van der Waals surface area (Å²) in [6, 6.07) is 0. The molecule has 8 heavy (non-hydrogen) atoms. The van der Waals surface area contributed by atoms with Gasteiger partial charge in [-0.1, -0.05) is 0 Å². The second-order valence-corrected chi connectivity index (χ2v) is 1.44. The highest BCUT2D eigenvalue weighted by Gasteiger charge is 1.86. The summed E-state index contributed by atoms with van der Waals surface area (Å²) in [5.74, 6) is 0. The maximum absolute atomic E-state index is 11.6. The number of dihydropyridines is 1. The van der Waals surface area contributed by atoms with Gasteiger partial charge in [0.2, 0.25) is 0 Å². The fourth-order valence-electron chi connectivity index (χ4n) is 0.473. The maximum atomic E-state index is 11.6. The molecule has 0 aromatic heterocycles. The van der Waals surface area contributed by atoms with Crippen LogP contribution in [0.1, 0.15) is 0 Å². The Balaban J connectivity index is 2.69. The highest BCUT2D eigenvalue weighted by atomic mass is 19.1. The fraction of sp³-hybridized carbons (Fsp3) is 0. The zero-order chi connectivity index (χ0) is 5.82. The average Bonchev–Trinajstić information content (AvgIpc) is 1.90. The molecule has 1 N–H and O–H groups in total. The van der Waals surface area contributed by atoms with Crippen LogP contribution in [0.2, 0.25) is 0 Å². The average molecular weight is 111 g/mol. The SMILES string of the molecule is FC=C1C=CNC=C1. The smallest absolute Gasteiger partial charge is 0.0940 e. The van der Waals surface area contributed by atoms with E-state index < -0.39 is 0 Å². The van der Waals surface area contributed by atoms with Gasteiger partial charge in [-0.05, 0) is 12.2 Å². The predicted molar refractivity (Wildman–Crippen MR) is 30.6 cm³/mol. The van der Waals surface area contributed by atoms with Crippen LogP contribution in [0.4, 0.5) is 4.39 Å². The van der Waals surface area contributed by atoms with Crippen molar-refractivity contribution in [2.45, 2.75) is 0 Å². The van der Waals surface area contributed by atoms with E-state index in [0.29, 0.717) is 11.9 Å². The topological polar surface area (TPSA) is 12.0 Å². The van der Waals surface area contributed by atoms with Gasteiger partial charge in [0.25, 0.3) is 0 Å². The highest BCUT2D eigenvalue weighted by Crippen LogP contribution is 2.01. The Kier molecular flexibility index (Phi) is 1.47. The first-order chi connectivity index (χ1) is 3.93. The molecule has 0 radical (unpaired) electrons. The summed E-state index contributed by atoms with van der Waals surface area (Å²) in [7, 11) is 0. The molecule has 0 aliphatic carbocycles. The van der Waals surface area contributed by atoms with E-state index in [-0.39, 0.29) is 0 Å². The summed E-state index contributed by atoms with van der Waals surface area (Å²) in [6.45, 7) is 0. The van der Waals surface area contributed by atoms with Gasteiger partial charge < -0.3 is 5.32 Å². The molecule has 0 fully saturated rings. The summed E-state index contributed by atoms with van der Waals surface area (Å²) < 4.78 is 11.6. The minimum absolute atomic E-state index is 0.563. The van der Waals surface area contributed by atoms with Gasteiger partial charge in [0.15, 0.2) is 0 Å². The molecule has 1 aliphatic rings. The number of allylic oxidation sites excluding steroid dienone is 3. The van der Waals surface area contributed by atoms with Gasteiger partial charge in [-0.3, -0.25) is 0 Å². The van der Waals surface area contributed by atoms with Crippen molar-refractivity contribution in [3.63, 3.8) is 0 Å². The van der Waals surface area contributed by atoms with Crippen LogP contribution in [0.15, 0.2) is 36.5 Å². The molecule has 0 atom stereocenters. The molecule has 0 saturated carbocycles. The minimum Gasteiger partial charge on any atom is -0.368 e. The second-order valence-electron chi connectivity index (χ2n) is 1.44. The number of halogens is 1. The zero-order valence-electron chi connectivity index (χ0n) is 4.26. The first kappa shape index (κ1) is 5.09. The Morgan fingerprint density at radius 3 is 2.38 bits per heavy atom. The first-order valence-corrected chi connectivity index (χ1v) is 2.33. The standard InChI is InChI=1S/C6H6FN/c7-5-6-1-3-8-4-2-6/h1-5,8H. The lowest BCUT2D eigenvalue weighted by molar-refractivity contribution is 0.715. The van der Waals surface area contributed by atoms with E-state index in [1.807, 2.05) is 0 Å². The van der Waals surface area contributed by atoms with Crippen LogP contribution < -0.4 is 5.32 Å². The van der Waals surface area contributed by atoms with Gasteiger partial charge in [0, 0.05) is 18.0 Å². The normalized spacial score (nSPS) is 15.9. The first-order valence-electron chi connectivity index (χ1n) is 2.33. The third-order valence-electron chi connectivity index (χ3n) is 0.870. The third kappa shape index (κ3) is 0.964. The molecule has 0 spiro atoms. The van der Waals surface area contributed by atoms with Crippen LogP contribution in [-0.2, 0) is 0 Å². The van der Waals surface area contributed by atoms with E-state index in [2.05, 4.69) is 5.32 Å². The molecule has 0 amide bonds. The van der Waals surface area contributed by atoms with Gasteiger partial charge in [-0.2, -0.15) is 0 Å². The number of hydrogen-bond donors (Lipinski definition) is 1. The van der Waals surface area contributed by atoms with Crippen molar-refractivity contribution in [3.8, 4) is 0 Å². The monoisotopic (exact) mass is 111 g/mol. The van der Waals surface area contributed by atoms with E-state index in [9.17, 15) is 4.39 Å². The number of hydrogen-bond acceptors (Lipinski definition) is 1. The van der Waals surface area contributed by atoms with Crippen LogP contribution >= 0.6 is 0 Å². The van der Waals surface area contributed by atoms with Crippen molar-refractivity contribution in [2.75, 3.05) is 0 Å². The summed E-state index contributed by atoms with van der Waals surface area (Å²) in [6.07, 6.45) is 7.21. The van der Waals surface area contributed by atoms with E-state index in [0.717, 1.165) is 0 Å². The lowest BCUT2D eigenvalue weighted by atomic mass is 10.2. The second kappa shape index (κ2) is 2.31. The molecule has 42 valence electrons. The number of nitrogens with one attached hydrogen (secondary N) is 1. The molecule has 1 nitrogen and oxygen atoms in total. The van der Waals surface area contributed by atoms with E-state index in [4.69, 9.17) is 0 Å². The van der Waals surface area contributed by atoms with E-state index in [1.165, 1.54) is 0 Å². The minimum atomic E-state index is 0.563. The predicted octanol–water partition coefficient (Wildman–Crippen LogP) is 1.47. The molecule has 0 bridgehead atoms. The van der Waals surface area contributed by atoms with Crippen molar-refractivity contribution in [3.05, 3.63) is 36.5 Å². The molecule has 1 aliphatic heterocycles. The lowest BCUT2D eigenvalue weighted by Gasteiger charge is -1.96. The van der Waals surface area contributed by atoms with Gasteiger partial charge >= 0.3 is 0 Å². The Labute approximate surface area is 47.2 Å². The lowest BCUT2D eigenvalue weighted by Crippen LogP contribution is -1.95. The summed E-state index contributed by atoms with van der Waals surface area (Å²) in [5.41, 5.74) is 0.587. The van der Waals surface area contributed by atoms with Gasteiger partial charge in [-0.15, -0.1) is 0 Å². The van der Waals surface area contributed by atoms with Gasteiger partial charge in [0.05, 0.1) is 6.33 Å². The molecule has 0 unspecified atom stereocenters. The Bertz CT molecular complexity index is 142. The summed E-state index contributed by atoms with van der Waals surface area (Å²) in [5, 5.41) is 2.78. The van der Waals surface area contributed by atoms with Crippen LogP contribution in [-0.4, -0.2) is 0 Å². The molecular formula is C6H6FN. The molecular weight excluding hydrogens is 105 g/mol. The van der Waals surface area contributed by atoms with Gasteiger partial charge in [0.1, 0.15) is 0 Å². The maximum Gasteiger partial charge on any atom is 0.0940 e. The summed E-state index contributed by atoms with van der Waals surface area (Å²) >= 11 is 0. The van der Waals surface area contributed by atoms with Crippen LogP contribution in [0.25, 0.3) is 0 Å². The van der Waals surface area contributed by atoms with Crippen molar-refractivity contribution in [1.82, 2.24) is 5.32 Å². The van der Waals surface area contributed by atoms with E-state index >= 15 is 0 Å². The molecule has 0 saturated heterocycles. The molecule has 0 aromatic rings. The third-order valence-corrected chi connectivity index (χ3v) is 0.870. The van der Waals surface area contributed by atoms with Crippen LogP contribution in [0, 0.1) is 0 Å². The quantitative estimate of drug-likeness (QED) is 0.499. The Morgan fingerprint density at radius 1 is 1.38 bits per heavy atom. The number of rotatable bonds is 0. The van der Waals surface area contributed by atoms with E-state index in [1.54, 1.807) is 24.6 Å². The van der Waals surface area contributed by atoms with Crippen LogP contribution in [0.3, 0.4) is 0 Å². The molecule has 2 heteroatoms. The largest absolute Gasteiger partial charge is 0.368 e. The van der Waals surface area contributed by atoms with Gasteiger partial charge in [-0.25, -0.2) is 4.39 Å². The zero-order valence-corrected chi connectivity index (χ0v) is 4.26. The van der Waals surface area contributed by atoms with Crippen LogP contribution in [0.5, 0.6) is 0 Å². The highest BCUT2D eigenvalue weighted by molar-refractivity contribution is 5.31. The molecule has 1 rings (SSSR count). The Morgan fingerprint density at radius 2 is 2.00 bits per heavy atom. The summed E-state index contributed by atoms with van der Waals surface area (Å²) in [4.78, 5) is 0. The fourth-order valence-corrected chi connectivity index (χ4v) is 0.473.